The number of benzene rings is 4. The first-order valence-electron chi connectivity index (χ1n) is 12.6. The predicted octanol–water partition coefficient (Wildman–Crippen LogP) is 5.32. The summed E-state index contributed by atoms with van der Waals surface area (Å²) in [5.41, 5.74) is 0. The molecule has 0 aliphatic rings. The van der Waals surface area contributed by atoms with Crippen LogP contribution in [0.5, 0.6) is 0 Å². The molecule has 3 nitrogen and oxygen atoms in total. The van der Waals surface area contributed by atoms with Gasteiger partial charge in [-0.2, -0.15) is 0 Å². The van der Waals surface area contributed by atoms with Gasteiger partial charge in [0, 0.05) is 0 Å². The first-order chi connectivity index (χ1) is 17.5. The molecule has 0 saturated heterocycles. The minimum Gasteiger partial charge on any atom is -0.429 e. The highest BCUT2D eigenvalue weighted by atomic mass is 35.6. The summed E-state index contributed by atoms with van der Waals surface area (Å²) in [6, 6.07) is 41.3. The standard InChI is InChI=1S/C29H35ClO3Si4/c1-34(2,26-18-10-6-11-19-26)31-36(4,28-22-14-8-15-23-28)33-37(5,29-24-16-9-17-25-29)32-35(3,30)27-20-12-7-13-21-27/h6-25H,1-5H3. The highest BCUT2D eigenvalue weighted by molar-refractivity contribution is 7.25. The van der Waals surface area contributed by atoms with Crippen molar-refractivity contribution in [2.75, 3.05) is 0 Å². The Balaban J connectivity index is 1.80. The number of hydrogen-bond acceptors (Lipinski definition) is 3. The largest absolute Gasteiger partial charge is 0.429 e. The van der Waals surface area contributed by atoms with Crippen molar-refractivity contribution in [3.63, 3.8) is 0 Å². The van der Waals surface area contributed by atoms with Crippen molar-refractivity contribution < 1.29 is 12.3 Å². The van der Waals surface area contributed by atoms with E-state index in [1.165, 1.54) is 5.19 Å². The lowest BCUT2D eigenvalue weighted by molar-refractivity contribution is 0.348. The van der Waals surface area contributed by atoms with E-state index in [4.69, 9.17) is 23.4 Å². The summed E-state index contributed by atoms with van der Waals surface area (Å²) < 4.78 is 21.6. The van der Waals surface area contributed by atoms with E-state index in [2.05, 4.69) is 99.0 Å². The van der Waals surface area contributed by atoms with Crippen LogP contribution in [0, 0.1) is 0 Å². The van der Waals surface area contributed by atoms with Gasteiger partial charge in [-0.05, 0) is 53.5 Å². The van der Waals surface area contributed by atoms with Gasteiger partial charge < -0.3 is 12.3 Å². The Morgan fingerprint density at radius 2 is 0.730 bits per heavy atom. The van der Waals surface area contributed by atoms with Gasteiger partial charge in [-0.1, -0.05) is 121 Å². The predicted molar refractivity (Wildman–Crippen MR) is 166 cm³/mol. The maximum absolute atomic E-state index is 7.33. The Labute approximate surface area is 230 Å². The molecule has 3 unspecified atom stereocenters. The Kier molecular flexibility index (Phi) is 8.57. The van der Waals surface area contributed by atoms with E-state index in [9.17, 15) is 0 Å². The Morgan fingerprint density at radius 3 is 1.14 bits per heavy atom. The lowest BCUT2D eigenvalue weighted by Gasteiger charge is -2.43. The van der Waals surface area contributed by atoms with Gasteiger partial charge in [0.25, 0.3) is 0 Å². The molecule has 0 heterocycles. The van der Waals surface area contributed by atoms with Gasteiger partial charge in [-0.3, -0.25) is 0 Å². The molecule has 192 valence electrons. The zero-order valence-corrected chi connectivity index (χ0v) is 26.9. The molecule has 0 aliphatic heterocycles. The summed E-state index contributed by atoms with van der Waals surface area (Å²) in [6.07, 6.45) is 0. The summed E-state index contributed by atoms with van der Waals surface area (Å²) in [5, 5.41) is 4.39. The van der Waals surface area contributed by atoms with Crippen LogP contribution in [-0.2, 0) is 12.3 Å². The van der Waals surface area contributed by atoms with Crippen LogP contribution in [0.2, 0.25) is 32.7 Å². The highest BCUT2D eigenvalue weighted by Gasteiger charge is 2.52. The second-order valence-electron chi connectivity index (χ2n) is 10.1. The first kappa shape index (κ1) is 27.9. The van der Waals surface area contributed by atoms with Crippen LogP contribution in [0.3, 0.4) is 0 Å². The van der Waals surface area contributed by atoms with Crippen LogP contribution < -0.4 is 20.7 Å². The second-order valence-corrected chi connectivity index (χ2v) is 25.6. The van der Waals surface area contributed by atoms with Gasteiger partial charge in [-0.25, -0.2) is 0 Å². The highest BCUT2D eigenvalue weighted by Crippen LogP contribution is 2.26. The topological polar surface area (TPSA) is 27.7 Å². The van der Waals surface area contributed by atoms with Crippen LogP contribution in [0.25, 0.3) is 0 Å². The third kappa shape index (κ3) is 6.68. The third-order valence-corrected chi connectivity index (χ3v) is 23.6. The molecule has 0 spiro atoms. The van der Waals surface area contributed by atoms with Crippen LogP contribution in [0.1, 0.15) is 0 Å². The van der Waals surface area contributed by atoms with Gasteiger partial charge in [0.15, 0.2) is 0 Å². The minimum absolute atomic E-state index is 1.03. The van der Waals surface area contributed by atoms with Crippen molar-refractivity contribution in [2.45, 2.75) is 32.7 Å². The fraction of sp³-hybridized carbons (Fsp3) is 0.172. The molecule has 8 heteroatoms. The third-order valence-electron chi connectivity index (χ3n) is 6.58. The van der Waals surface area contributed by atoms with Gasteiger partial charge >= 0.3 is 24.7 Å². The molecule has 37 heavy (non-hydrogen) atoms. The molecule has 0 amide bonds. The molecular weight excluding hydrogens is 544 g/mol. The summed E-state index contributed by atoms with van der Waals surface area (Å²) in [7, 11) is -11.2. The summed E-state index contributed by atoms with van der Waals surface area (Å²) >= 11 is 7.25. The average molecular weight is 579 g/mol. The molecule has 0 radical (unpaired) electrons. The van der Waals surface area contributed by atoms with Gasteiger partial charge in [-0.15, -0.1) is 11.1 Å². The Hall–Kier alpha value is -2.08. The maximum Gasteiger partial charge on any atom is 0.351 e. The molecule has 3 atom stereocenters. The number of rotatable bonds is 10. The smallest absolute Gasteiger partial charge is 0.351 e. The van der Waals surface area contributed by atoms with E-state index in [0.717, 1.165) is 15.6 Å². The van der Waals surface area contributed by atoms with E-state index in [-0.39, 0.29) is 0 Å². The molecule has 0 saturated carbocycles. The van der Waals surface area contributed by atoms with Crippen LogP contribution in [0.15, 0.2) is 121 Å². The van der Waals surface area contributed by atoms with Crippen LogP contribution >= 0.6 is 11.1 Å². The maximum atomic E-state index is 7.33. The van der Waals surface area contributed by atoms with Crippen molar-refractivity contribution >= 4 is 64.9 Å². The number of hydrogen-bond donors (Lipinski definition) is 0. The summed E-state index contributed by atoms with van der Waals surface area (Å²) in [6.45, 7) is 10.8. The average Bonchev–Trinajstić information content (AvgIpc) is 2.90. The zero-order valence-electron chi connectivity index (χ0n) is 22.1. The lowest BCUT2D eigenvalue weighted by atomic mass is 10.4. The SMILES string of the molecule is C[Si](C)(O[Si](C)(O[Si](C)(O[Si](C)(Cl)c1ccccc1)c1ccccc1)c1ccccc1)c1ccccc1. The second kappa shape index (κ2) is 11.3. The van der Waals surface area contributed by atoms with Crippen molar-refractivity contribution in [1.29, 1.82) is 0 Å². The Bertz CT molecular complexity index is 1180. The molecule has 4 aromatic carbocycles. The lowest BCUT2D eigenvalue weighted by Crippen LogP contribution is -2.69. The fourth-order valence-corrected chi connectivity index (χ4v) is 23.5. The number of halogens is 1. The minimum atomic E-state index is -3.07. The van der Waals surface area contributed by atoms with E-state index in [1.54, 1.807) is 0 Å². The molecule has 0 fully saturated rings. The van der Waals surface area contributed by atoms with Crippen LogP contribution in [0.4, 0.5) is 0 Å². The summed E-state index contributed by atoms with van der Waals surface area (Å²) in [4.78, 5) is 0. The summed E-state index contributed by atoms with van der Waals surface area (Å²) in [5.74, 6) is 0. The monoisotopic (exact) mass is 578 g/mol. The molecule has 0 aliphatic carbocycles. The molecule has 0 N–H and O–H groups in total. The zero-order chi connectivity index (χ0) is 26.6. The molecule has 4 rings (SSSR count). The van der Waals surface area contributed by atoms with Crippen LogP contribution in [-0.4, -0.2) is 33.1 Å². The normalized spacial score (nSPS) is 16.8. The van der Waals surface area contributed by atoms with Crippen molar-refractivity contribution in [3.8, 4) is 0 Å². The van der Waals surface area contributed by atoms with E-state index >= 15 is 0 Å². The molecule has 4 aromatic rings. The fourth-order valence-electron chi connectivity index (χ4n) is 4.68. The van der Waals surface area contributed by atoms with Crippen molar-refractivity contribution in [1.82, 2.24) is 0 Å². The van der Waals surface area contributed by atoms with E-state index < -0.39 is 33.1 Å². The molecular formula is C29H35ClO3Si4. The van der Waals surface area contributed by atoms with E-state index in [0.29, 0.717) is 0 Å². The quantitative estimate of drug-likeness (QED) is 0.188. The molecule has 0 aromatic heterocycles. The Morgan fingerprint density at radius 1 is 0.405 bits per heavy atom. The molecule has 0 bridgehead atoms. The van der Waals surface area contributed by atoms with Crippen molar-refractivity contribution in [3.05, 3.63) is 121 Å². The first-order valence-corrected chi connectivity index (χ1v) is 23.5. The van der Waals surface area contributed by atoms with Crippen molar-refractivity contribution in [2.24, 2.45) is 0 Å². The van der Waals surface area contributed by atoms with Gasteiger partial charge in [0.05, 0.1) is 0 Å². The van der Waals surface area contributed by atoms with E-state index in [1.807, 2.05) is 55.1 Å². The van der Waals surface area contributed by atoms with Gasteiger partial charge in [0.1, 0.15) is 0 Å². The van der Waals surface area contributed by atoms with Gasteiger partial charge in [0.2, 0.25) is 8.32 Å².